The molecule has 0 radical (unpaired) electrons. The van der Waals surface area contributed by atoms with E-state index in [9.17, 15) is 9.59 Å². The van der Waals surface area contributed by atoms with Gasteiger partial charge in [-0.1, -0.05) is 17.7 Å². The number of rotatable bonds is 6. The zero-order chi connectivity index (χ0) is 22.4. The van der Waals surface area contributed by atoms with E-state index >= 15 is 0 Å². The minimum atomic E-state index is -0.185. The number of nitrogens with zero attached hydrogens (tertiary/aromatic N) is 2. The Balaban J connectivity index is 1.44. The average molecular weight is 449 g/mol. The summed E-state index contributed by atoms with van der Waals surface area (Å²) < 4.78 is 5.29. The number of piperidine rings is 2. The van der Waals surface area contributed by atoms with Gasteiger partial charge in [-0.2, -0.15) is 0 Å². The minimum absolute atomic E-state index is 0.122. The van der Waals surface area contributed by atoms with Crippen molar-refractivity contribution in [2.45, 2.75) is 38.6 Å². The number of likely N-dealkylation sites (tertiary alicyclic amines) is 2. The first-order chi connectivity index (χ1) is 14.9. The van der Waals surface area contributed by atoms with Crippen molar-refractivity contribution in [2.24, 2.45) is 5.92 Å². The Morgan fingerprint density at radius 1 is 1.19 bits per heavy atom. The van der Waals surface area contributed by atoms with Gasteiger partial charge in [-0.05, 0) is 50.7 Å². The number of nitrogen functional groups attached to an aromatic ring is 1. The fraction of sp³-hybridized carbons (Fsp3) is 0.565. The standard InChI is InChI=1S/C23H33ClN4O3/c1-3-4-22(29)28-11-5-16(6-12-28)15-27-9-7-17(8-10-27)26-23(30)18-13-19(24)20(25)14-21(18)31-2/h3-4,13-14,16-17H,5-12,15,25H2,1-2H3,(H,26,30)/b4-3+. The third kappa shape index (κ3) is 6.14. The van der Waals surface area contributed by atoms with Crippen LogP contribution in [0, 0.1) is 5.92 Å². The lowest BCUT2D eigenvalue weighted by Gasteiger charge is -2.37. The maximum absolute atomic E-state index is 12.7. The van der Waals surface area contributed by atoms with Crippen molar-refractivity contribution >= 4 is 29.1 Å². The molecule has 8 heteroatoms. The second kappa shape index (κ2) is 10.9. The van der Waals surface area contributed by atoms with E-state index in [4.69, 9.17) is 22.1 Å². The van der Waals surface area contributed by atoms with Gasteiger partial charge in [-0.3, -0.25) is 9.59 Å². The summed E-state index contributed by atoms with van der Waals surface area (Å²) in [5.74, 6) is 0.991. The van der Waals surface area contributed by atoms with Crippen molar-refractivity contribution in [3.8, 4) is 5.75 Å². The second-order valence-corrected chi connectivity index (χ2v) is 8.80. The fourth-order valence-electron chi connectivity index (χ4n) is 4.39. The van der Waals surface area contributed by atoms with Gasteiger partial charge in [0.25, 0.3) is 5.91 Å². The molecule has 2 amide bonds. The van der Waals surface area contributed by atoms with E-state index in [1.54, 1.807) is 24.3 Å². The first-order valence-corrected chi connectivity index (χ1v) is 11.4. The summed E-state index contributed by atoms with van der Waals surface area (Å²) in [6, 6.07) is 3.27. The van der Waals surface area contributed by atoms with Gasteiger partial charge in [0, 0.05) is 44.8 Å². The first-order valence-electron chi connectivity index (χ1n) is 11.0. The summed E-state index contributed by atoms with van der Waals surface area (Å²) in [6.07, 6.45) is 7.38. The van der Waals surface area contributed by atoms with Crippen molar-refractivity contribution in [3.63, 3.8) is 0 Å². The molecule has 0 aromatic heterocycles. The molecule has 0 spiro atoms. The number of hydrogen-bond acceptors (Lipinski definition) is 5. The highest BCUT2D eigenvalue weighted by Crippen LogP contribution is 2.29. The van der Waals surface area contributed by atoms with Crippen LogP contribution in [-0.2, 0) is 4.79 Å². The van der Waals surface area contributed by atoms with Crippen molar-refractivity contribution in [2.75, 3.05) is 45.6 Å². The molecule has 31 heavy (non-hydrogen) atoms. The monoisotopic (exact) mass is 448 g/mol. The Bertz CT molecular complexity index is 813. The maximum atomic E-state index is 12.7. The van der Waals surface area contributed by atoms with Crippen LogP contribution in [0.15, 0.2) is 24.3 Å². The fourth-order valence-corrected chi connectivity index (χ4v) is 4.55. The van der Waals surface area contributed by atoms with Crippen LogP contribution in [0.4, 0.5) is 5.69 Å². The Labute approximate surface area is 189 Å². The van der Waals surface area contributed by atoms with Crippen LogP contribution < -0.4 is 15.8 Å². The molecule has 2 fully saturated rings. The number of ether oxygens (including phenoxy) is 1. The van der Waals surface area contributed by atoms with Gasteiger partial charge < -0.3 is 25.6 Å². The summed E-state index contributed by atoms with van der Waals surface area (Å²) in [4.78, 5) is 29.1. The van der Waals surface area contributed by atoms with E-state index in [1.807, 2.05) is 11.8 Å². The van der Waals surface area contributed by atoms with Gasteiger partial charge in [-0.25, -0.2) is 0 Å². The smallest absolute Gasteiger partial charge is 0.255 e. The van der Waals surface area contributed by atoms with Crippen LogP contribution in [0.25, 0.3) is 0 Å². The number of allylic oxidation sites excluding steroid dienone is 1. The summed E-state index contributed by atoms with van der Waals surface area (Å²) in [5, 5.41) is 3.46. The van der Waals surface area contributed by atoms with E-state index < -0.39 is 0 Å². The third-order valence-electron chi connectivity index (χ3n) is 6.24. The van der Waals surface area contributed by atoms with E-state index in [-0.39, 0.29) is 17.9 Å². The summed E-state index contributed by atoms with van der Waals surface area (Å²) in [7, 11) is 1.51. The molecule has 3 N–H and O–H groups in total. The van der Waals surface area contributed by atoms with Crippen LogP contribution in [0.5, 0.6) is 5.75 Å². The number of nitrogens with two attached hydrogens (primary N) is 1. The van der Waals surface area contributed by atoms with Gasteiger partial charge in [-0.15, -0.1) is 0 Å². The Hall–Kier alpha value is -2.25. The molecule has 7 nitrogen and oxygen atoms in total. The molecule has 1 aromatic rings. The second-order valence-electron chi connectivity index (χ2n) is 8.39. The molecule has 0 bridgehead atoms. The predicted molar refractivity (Wildman–Crippen MR) is 123 cm³/mol. The van der Waals surface area contributed by atoms with Gasteiger partial charge in [0.2, 0.25) is 5.91 Å². The molecule has 2 saturated heterocycles. The molecule has 0 atom stereocenters. The molecule has 1 aromatic carbocycles. The van der Waals surface area contributed by atoms with E-state index in [1.165, 1.54) is 7.11 Å². The molecule has 2 heterocycles. The van der Waals surface area contributed by atoms with Gasteiger partial charge >= 0.3 is 0 Å². The third-order valence-corrected chi connectivity index (χ3v) is 6.57. The Kier molecular flexibility index (Phi) is 8.21. The van der Waals surface area contributed by atoms with Crippen LogP contribution in [-0.4, -0.2) is 67.5 Å². The van der Waals surface area contributed by atoms with E-state index in [0.29, 0.717) is 27.9 Å². The van der Waals surface area contributed by atoms with Crippen molar-refractivity contribution in [3.05, 3.63) is 34.9 Å². The molecule has 2 aliphatic rings. The number of methoxy groups -OCH3 is 1. The molecule has 170 valence electrons. The Morgan fingerprint density at radius 3 is 2.48 bits per heavy atom. The number of benzene rings is 1. The summed E-state index contributed by atoms with van der Waals surface area (Å²) >= 11 is 6.09. The topological polar surface area (TPSA) is 87.9 Å². The van der Waals surface area contributed by atoms with Gasteiger partial charge in [0.05, 0.1) is 23.4 Å². The minimum Gasteiger partial charge on any atom is -0.496 e. The summed E-state index contributed by atoms with van der Waals surface area (Å²) in [5.41, 5.74) is 6.60. The lowest BCUT2D eigenvalue weighted by Crippen LogP contribution is -2.47. The van der Waals surface area contributed by atoms with E-state index in [2.05, 4.69) is 10.2 Å². The van der Waals surface area contributed by atoms with Crippen molar-refractivity contribution in [1.82, 2.24) is 15.1 Å². The van der Waals surface area contributed by atoms with Gasteiger partial charge in [0.15, 0.2) is 0 Å². The number of hydrogen-bond donors (Lipinski definition) is 2. The molecular formula is C23H33ClN4O3. The number of nitrogens with one attached hydrogen (secondary N) is 1. The van der Waals surface area contributed by atoms with Crippen LogP contribution in [0.2, 0.25) is 5.02 Å². The maximum Gasteiger partial charge on any atom is 0.255 e. The highest BCUT2D eigenvalue weighted by molar-refractivity contribution is 6.33. The predicted octanol–water partition coefficient (Wildman–Crippen LogP) is 2.94. The molecule has 0 aliphatic carbocycles. The number of halogens is 1. The summed E-state index contributed by atoms with van der Waals surface area (Å²) in [6.45, 7) is 6.54. The van der Waals surface area contributed by atoms with E-state index in [0.717, 1.165) is 58.4 Å². The van der Waals surface area contributed by atoms with Crippen LogP contribution >= 0.6 is 11.6 Å². The highest BCUT2D eigenvalue weighted by atomic mass is 35.5. The quantitative estimate of drug-likeness (QED) is 0.516. The SMILES string of the molecule is C/C=C/C(=O)N1CCC(CN2CCC(NC(=O)c3cc(Cl)c(N)cc3OC)CC2)CC1. The number of anilines is 1. The normalized spacial score (nSPS) is 19.0. The van der Waals surface area contributed by atoms with Crippen molar-refractivity contribution in [1.29, 1.82) is 0 Å². The lowest BCUT2D eigenvalue weighted by molar-refractivity contribution is -0.127. The number of carbonyl (C=O) groups excluding carboxylic acids is 2. The molecule has 3 rings (SSSR count). The Morgan fingerprint density at radius 2 is 1.87 bits per heavy atom. The number of amides is 2. The largest absolute Gasteiger partial charge is 0.496 e. The lowest BCUT2D eigenvalue weighted by atomic mass is 9.94. The first kappa shape index (κ1) is 23.4. The molecule has 0 unspecified atom stereocenters. The zero-order valence-corrected chi connectivity index (χ0v) is 19.2. The number of carbonyl (C=O) groups is 2. The van der Waals surface area contributed by atoms with Crippen molar-refractivity contribution < 1.29 is 14.3 Å². The van der Waals surface area contributed by atoms with Crippen LogP contribution in [0.3, 0.4) is 0 Å². The van der Waals surface area contributed by atoms with Crippen LogP contribution in [0.1, 0.15) is 43.0 Å². The molecule has 0 saturated carbocycles. The van der Waals surface area contributed by atoms with Gasteiger partial charge in [0.1, 0.15) is 5.75 Å². The highest BCUT2D eigenvalue weighted by Gasteiger charge is 2.27. The molecule has 2 aliphatic heterocycles. The molecular weight excluding hydrogens is 416 g/mol. The average Bonchev–Trinajstić information content (AvgIpc) is 2.77. The zero-order valence-electron chi connectivity index (χ0n) is 18.4.